The Bertz CT molecular complexity index is 360. The molecule has 3 fully saturated rings. The normalized spacial score (nSPS) is 39.9. The van der Waals surface area contributed by atoms with Crippen LogP contribution in [0.1, 0.15) is 82.1 Å². The van der Waals surface area contributed by atoms with Crippen LogP contribution in [0.5, 0.6) is 0 Å². The molecule has 0 aromatic rings. The molecule has 0 amide bonds. The number of rotatable bonds is 0. The van der Waals surface area contributed by atoms with E-state index in [0.717, 1.165) is 29.9 Å². The Kier molecular flexibility index (Phi) is 3.75. The molecular formula is C18H34Se2. The zero-order chi connectivity index (χ0) is 15.8. The van der Waals surface area contributed by atoms with Crippen LogP contribution in [0.4, 0.5) is 0 Å². The summed E-state index contributed by atoms with van der Waals surface area (Å²) in [5.74, 6) is 0. The molecule has 2 heteroatoms. The third kappa shape index (κ3) is 1.97. The fourth-order valence-corrected chi connectivity index (χ4v) is 16.6. The molecule has 0 aliphatic carbocycles. The van der Waals surface area contributed by atoms with E-state index in [0.29, 0.717) is 28.1 Å². The quantitative estimate of drug-likeness (QED) is 0.459. The van der Waals surface area contributed by atoms with Crippen LogP contribution in [0.15, 0.2) is 0 Å². The second kappa shape index (κ2) is 4.31. The summed E-state index contributed by atoms with van der Waals surface area (Å²) in [5.41, 5.74) is 1.97. The predicted octanol–water partition coefficient (Wildman–Crippen LogP) is 5.58. The van der Waals surface area contributed by atoms with Gasteiger partial charge in [-0.15, -0.1) is 0 Å². The molecule has 3 heterocycles. The number of fused-ring (bicyclic) bond motifs is 3. The summed E-state index contributed by atoms with van der Waals surface area (Å²) in [6.45, 7) is 25.4. The van der Waals surface area contributed by atoms with Crippen LogP contribution >= 0.6 is 0 Å². The third-order valence-electron chi connectivity index (χ3n) is 5.71. The van der Waals surface area contributed by atoms with E-state index in [2.05, 4.69) is 69.2 Å². The Hall–Kier alpha value is 1.04. The topological polar surface area (TPSA) is 0 Å². The van der Waals surface area contributed by atoms with Crippen LogP contribution in [-0.4, -0.2) is 29.9 Å². The minimum atomic E-state index is 0.464. The zero-order valence-electron chi connectivity index (χ0n) is 15.2. The first kappa shape index (κ1) is 17.4. The molecule has 0 saturated carbocycles. The van der Waals surface area contributed by atoms with E-state index in [-0.39, 0.29) is 0 Å². The first-order valence-corrected chi connectivity index (χ1v) is 11.4. The second-order valence-electron chi connectivity index (χ2n) is 10.2. The van der Waals surface area contributed by atoms with E-state index in [4.69, 9.17) is 0 Å². The molecule has 20 heavy (non-hydrogen) atoms. The van der Waals surface area contributed by atoms with Gasteiger partial charge < -0.3 is 0 Å². The Morgan fingerprint density at radius 2 is 0.850 bits per heavy atom. The van der Waals surface area contributed by atoms with Crippen molar-refractivity contribution in [2.45, 2.75) is 88.5 Å². The van der Waals surface area contributed by atoms with Crippen molar-refractivity contribution < 1.29 is 0 Å². The van der Waals surface area contributed by atoms with Crippen molar-refractivity contribution in [1.82, 2.24) is 0 Å². The van der Waals surface area contributed by atoms with Gasteiger partial charge in [0.25, 0.3) is 0 Å². The van der Waals surface area contributed by atoms with Gasteiger partial charge in [0.1, 0.15) is 0 Å². The number of hydrogen-bond acceptors (Lipinski definition) is 0. The summed E-state index contributed by atoms with van der Waals surface area (Å²) in [6, 6.07) is 0. The molecule has 0 radical (unpaired) electrons. The Morgan fingerprint density at radius 1 is 0.600 bits per heavy atom. The Morgan fingerprint density at radius 3 is 1.05 bits per heavy atom. The van der Waals surface area contributed by atoms with Crippen LogP contribution in [0.25, 0.3) is 0 Å². The van der Waals surface area contributed by atoms with Crippen LogP contribution < -0.4 is 0 Å². The maximum absolute atomic E-state index is 2.58. The van der Waals surface area contributed by atoms with E-state index in [1.807, 2.05) is 0 Å². The van der Waals surface area contributed by atoms with Gasteiger partial charge in [-0.2, -0.15) is 0 Å². The Labute approximate surface area is 139 Å². The molecular weight excluding hydrogens is 374 g/mol. The third-order valence-corrected chi connectivity index (χ3v) is 21.5. The summed E-state index contributed by atoms with van der Waals surface area (Å²) in [4.78, 5) is 0. The molecule has 0 nitrogen and oxygen atoms in total. The monoisotopic (exact) mass is 410 g/mol. The molecule has 3 aliphatic heterocycles. The van der Waals surface area contributed by atoms with Gasteiger partial charge in [0.15, 0.2) is 0 Å². The van der Waals surface area contributed by atoms with Gasteiger partial charge in [0.05, 0.1) is 0 Å². The fourth-order valence-electron chi connectivity index (χ4n) is 4.56. The van der Waals surface area contributed by atoms with E-state index < -0.39 is 0 Å². The van der Waals surface area contributed by atoms with Crippen molar-refractivity contribution in [2.75, 3.05) is 0 Å². The first-order valence-electron chi connectivity index (χ1n) is 8.02. The molecule has 0 aromatic carbocycles. The molecule has 2 bridgehead atoms. The molecule has 0 N–H and O–H groups in total. The van der Waals surface area contributed by atoms with Crippen molar-refractivity contribution in [3.8, 4) is 0 Å². The van der Waals surface area contributed by atoms with Gasteiger partial charge in [-0.25, -0.2) is 0 Å². The average molecular weight is 408 g/mol. The summed E-state index contributed by atoms with van der Waals surface area (Å²) >= 11 is 1.50. The Balaban J connectivity index is 2.57. The van der Waals surface area contributed by atoms with E-state index in [1.165, 1.54) is 12.8 Å². The van der Waals surface area contributed by atoms with Gasteiger partial charge >= 0.3 is 140 Å². The molecule has 0 unspecified atom stereocenters. The molecule has 0 atom stereocenters. The van der Waals surface area contributed by atoms with E-state index >= 15 is 0 Å². The molecule has 3 saturated heterocycles. The average Bonchev–Trinajstić information content (AvgIpc) is 2.18. The van der Waals surface area contributed by atoms with Crippen molar-refractivity contribution in [2.24, 2.45) is 21.7 Å². The molecule has 3 rings (SSSR count). The van der Waals surface area contributed by atoms with E-state index in [9.17, 15) is 0 Å². The van der Waals surface area contributed by atoms with Gasteiger partial charge in [0.2, 0.25) is 0 Å². The van der Waals surface area contributed by atoms with Crippen LogP contribution in [0, 0.1) is 21.7 Å². The summed E-state index contributed by atoms with van der Waals surface area (Å²) in [5, 5.41) is 0. The maximum atomic E-state index is 2.58. The summed E-state index contributed by atoms with van der Waals surface area (Å²) < 4.78 is 1.28. The van der Waals surface area contributed by atoms with Crippen molar-refractivity contribution in [1.29, 1.82) is 0 Å². The molecule has 3 aliphatic rings. The predicted molar refractivity (Wildman–Crippen MR) is 92.6 cm³/mol. The fraction of sp³-hybridized carbons (Fsp3) is 1.00. The van der Waals surface area contributed by atoms with Gasteiger partial charge in [-0.3, -0.25) is 0 Å². The molecule has 0 aromatic heterocycles. The van der Waals surface area contributed by atoms with Crippen LogP contribution in [-0.2, 0) is 0 Å². The SMILES string of the molecule is CC(C)(C)C12[Se]C(C(C)(C)C)([Se]1)C(C)(C)CCC2(C)C. The zero-order valence-corrected chi connectivity index (χ0v) is 18.7. The van der Waals surface area contributed by atoms with Gasteiger partial charge in [-0.05, 0) is 0 Å². The van der Waals surface area contributed by atoms with Gasteiger partial charge in [0, 0.05) is 0 Å². The van der Waals surface area contributed by atoms with Crippen molar-refractivity contribution >= 4 is 29.9 Å². The summed E-state index contributed by atoms with van der Waals surface area (Å²) in [6.07, 6.45) is 2.83. The van der Waals surface area contributed by atoms with Gasteiger partial charge in [-0.1, -0.05) is 0 Å². The molecule has 0 spiro atoms. The minimum absolute atomic E-state index is 0.464. The van der Waals surface area contributed by atoms with Crippen molar-refractivity contribution in [3.05, 3.63) is 0 Å². The summed E-state index contributed by atoms with van der Waals surface area (Å²) in [7, 11) is 0. The van der Waals surface area contributed by atoms with Crippen molar-refractivity contribution in [3.63, 3.8) is 0 Å². The number of hydrogen-bond donors (Lipinski definition) is 0. The van der Waals surface area contributed by atoms with Crippen LogP contribution in [0.3, 0.4) is 0 Å². The molecule has 118 valence electrons. The van der Waals surface area contributed by atoms with Crippen LogP contribution in [0.2, 0.25) is 6.42 Å². The van der Waals surface area contributed by atoms with E-state index in [1.54, 1.807) is 0 Å². The first-order chi connectivity index (χ1) is 8.62. The second-order valence-corrected chi connectivity index (χ2v) is 18.8. The standard InChI is InChI=1S/C18H34Se2/c1-13(2,3)17-15(7,8)11-12-16(9,10)18(19-17,20-17)14(4,5)6/h11-12H2,1-10H3.